The van der Waals surface area contributed by atoms with Crippen LogP contribution in [0.4, 0.5) is 5.69 Å². The van der Waals surface area contributed by atoms with Crippen molar-refractivity contribution in [2.75, 3.05) is 37.6 Å². The maximum atomic E-state index is 4.79. The third-order valence-corrected chi connectivity index (χ3v) is 5.11. The summed E-state index contributed by atoms with van der Waals surface area (Å²) < 4.78 is 0. The first kappa shape index (κ1) is 16.1. The van der Waals surface area contributed by atoms with Gasteiger partial charge in [0.25, 0.3) is 0 Å². The van der Waals surface area contributed by atoms with E-state index in [0.29, 0.717) is 0 Å². The number of anilines is 1. The van der Waals surface area contributed by atoms with E-state index in [1.54, 1.807) is 0 Å². The molecule has 0 amide bonds. The molecule has 1 saturated heterocycles. The third kappa shape index (κ3) is 3.83. The fourth-order valence-corrected chi connectivity index (χ4v) is 3.51. The summed E-state index contributed by atoms with van der Waals surface area (Å²) in [6.07, 6.45) is 1.02. The molecule has 1 aliphatic heterocycles. The van der Waals surface area contributed by atoms with Crippen LogP contribution >= 0.6 is 0 Å². The van der Waals surface area contributed by atoms with E-state index >= 15 is 0 Å². The van der Waals surface area contributed by atoms with Crippen LogP contribution in [0.25, 0.3) is 10.9 Å². The van der Waals surface area contributed by atoms with Gasteiger partial charge in [-0.3, -0.25) is 9.88 Å². The van der Waals surface area contributed by atoms with Gasteiger partial charge in [-0.25, -0.2) is 0 Å². The topological polar surface area (TPSA) is 19.4 Å². The molecule has 0 N–H and O–H groups in total. The molecule has 3 aromatic rings. The minimum Gasteiger partial charge on any atom is -0.369 e. The van der Waals surface area contributed by atoms with Crippen LogP contribution in [0.3, 0.4) is 0 Å². The molecule has 0 atom stereocenters. The highest BCUT2D eigenvalue weighted by atomic mass is 15.3. The predicted molar refractivity (Wildman–Crippen MR) is 105 cm³/mol. The molecule has 1 aromatic heterocycles. The van der Waals surface area contributed by atoms with E-state index in [1.165, 1.54) is 22.3 Å². The van der Waals surface area contributed by atoms with Gasteiger partial charge in [0.1, 0.15) is 0 Å². The van der Waals surface area contributed by atoms with Crippen LogP contribution in [0.1, 0.15) is 11.3 Å². The molecule has 0 unspecified atom stereocenters. The predicted octanol–water partition coefficient (Wildman–Crippen LogP) is 3.91. The van der Waals surface area contributed by atoms with Crippen LogP contribution < -0.4 is 4.90 Å². The molecule has 128 valence electrons. The first-order chi connectivity index (χ1) is 12.3. The summed E-state index contributed by atoms with van der Waals surface area (Å²) in [5.74, 6) is 0. The van der Waals surface area contributed by atoms with Crippen molar-refractivity contribution in [3.8, 4) is 0 Å². The zero-order valence-corrected chi connectivity index (χ0v) is 14.9. The molecular formula is C22H25N3. The Balaban J connectivity index is 1.31. The smallest absolute Gasteiger partial charge is 0.0705 e. The van der Waals surface area contributed by atoms with E-state index in [4.69, 9.17) is 4.98 Å². The minimum atomic E-state index is 1.02. The summed E-state index contributed by atoms with van der Waals surface area (Å²) in [5, 5.41) is 1.22. The number of nitrogens with zero attached hydrogens (tertiary/aromatic N) is 3. The molecule has 25 heavy (non-hydrogen) atoms. The lowest BCUT2D eigenvalue weighted by Crippen LogP contribution is -2.47. The van der Waals surface area contributed by atoms with Gasteiger partial charge in [-0.05, 0) is 31.2 Å². The number of para-hydroxylation sites is 1. The maximum Gasteiger partial charge on any atom is 0.0705 e. The van der Waals surface area contributed by atoms with Crippen LogP contribution in [-0.2, 0) is 6.42 Å². The largest absolute Gasteiger partial charge is 0.369 e. The van der Waals surface area contributed by atoms with Gasteiger partial charge in [0.2, 0.25) is 0 Å². The van der Waals surface area contributed by atoms with E-state index in [1.807, 2.05) is 0 Å². The van der Waals surface area contributed by atoms with Crippen molar-refractivity contribution in [3.05, 3.63) is 71.9 Å². The number of piperazine rings is 1. The van der Waals surface area contributed by atoms with Gasteiger partial charge < -0.3 is 4.90 Å². The normalized spacial score (nSPS) is 15.6. The van der Waals surface area contributed by atoms with Crippen LogP contribution in [0.5, 0.6) is 0 Å². The number of benzene rings is 2. The van der Waals surface area contributed by atoms with Gasteiger partial charge in [-0.2, -0.15) is 0 Å². The highest BCUT2D eigenvalue weighted by Gasteiger charge is 2.17. The number of pyridine rings is 1. The number of hydrogen-bond acceptors (Lipinski definition) is 3. The summed E-state index contributed by atoms with van der Waals surface area (Å²) in [6.45, 7) is 7.70. The summed E-state index contributed by atoms with van der Waals surface area (Å²) in [4.78, 5) is 9.84. The van der Waals surface area contributed by atoms with Crippen LogP contribution in [0.15, 0.2) is 60.7 Å². The molecule has 0 aliphatic carbocycles. The van der Waals surface area contributed by atoms with Crippen molar-refractivity contribution < 1.29 is 0 Å². The van der Waals surface area contributed by atoms with Crippen molar-refractivity contribution in [2.45, 2.75) is 13.3 Å². The number of fused-ring (bicyclic) bond motifs is 1. The molecule has 0 bridgehead atoms. The average molecular weight is 331 g/mol. The Morgan fingerprint density at radius 2 is 1.60 bits per heavy atom. The quantitative estimate of drug-likeness (QED) is 0.722. The molecule has 4 rings (SSSR count). The zero-order chi connectivity index (χ0) is 17.1. The average Bonchev–Trinajstić information content (AvgIpc) is 2.67. The molecule has 0 spiro atoms. The van der Waals surface area contributed by atoms with E-state index < -0.39 is 0 Å². The second-order valence-electron chi connectivity index (χ2n) is 6.91. The van der Waals surface area contributed by atoms with E-state index in [9.17, 15) is 0 Å². The first-order valence-corrected chi connectivity index (χ1v) is 9.16. The number of hydrogen-bond donors (Lipinski definition) is 0. The highest BCUT2D eigenvalue weighted by molar-refractivity contribution is 5.78. The van der Waals surface area contributed by atoms with Crippen molar-refractivity contribution in [1.82, 2.24) is 9.88 Å². The van der Waals surface area contributed by atoms with E-state index in [-0.39, 0.29) is 0 Å². The summed E-state index contributed by atoms with van der Waals surface area (Å²) in [6, 6.07) is 21.6. The first-order valence-electron chi connectivity index (χ1n) is 9.16. The maximum absolute atomic E-state index is 4.79. The van der Waals surface area contributed by atoms with Gasteiger partial charge in [-0.1, -0.05) is 42.0 Å². The Hall–Kier alpha value is -2.39. The molecule has 3 heteroatoms. The molecule has 3 nitrogen and oxygen atoms in total. The molecule has 1 fully saturated rings. The third-order valence-electron chi connectivity index (χ3n) is 5.11. The zero-order valence-electron chi connectivity index (χ0n) is 14.9. The van der Waals surface area contributed by atoms with Crippen molar-refractivity contribution >= 4 is 16.6 Å². The van der Waals surface area contributed by atoms with Gasteiger partial charge in [0.05, 0.1) is 5.52 Å². The number of rotatable bonds is 4. The van der Waals surface area contributed by atoms with Gasteiger partial charge in [0, 0.05) is 55.9 Å². The summed E-state index contributed by atoms with van der Waals surface area (Å²) in [5.41, 5.74) is 4.97. The molecule has 2 aromatic carbocycles. The number of aryl methyl sites for hydroxylation is 1. The van der Waals surface area contributed by atoms with Crippen LogP contribution in [0, 0.1) is 6.92 Å². The fourth-order valence-electron chi connectivity index (χ4n) is 3.51. The van der Waals surface area contributed by atoms with Crippen molar-refractivity contribution in [3.63, 3.8) is 0 Å². The molecule has 1 aliphatic rings. The Bertz CT molecular complexity index is 833. The Labute approximate surface area is 149 Å². The summed E-state index contributed by atoms with van der Waals surface area (Å²) >= 11 is 0. The Kier molecular flexibility index (Phi) is 4.66. The van der Waals surface area contributed by atoms with Gasteiger partial charge in [-0.15, -0.1) is 0 Å². The standard InChI is InChI=1S/C22H25N3/c1-18-6-10-21(11-7-18)25-16-14-24(15-17-25)13-12-20-9-8-19-4-2-3-5-22(19)23-20/h2-11H,12-17H2,1H3. The van der Waals surface area contributed by atoms with E-state index in [2.05, 4.69) is 77.4 Å². The number of aromatic nitrogens is 1. The molecule has 0 radical (unpaired) electrons. The van der Waals surface area contributed by atoms with Crippen LogP contribution in [0.2, 0.25) is 0 Å². The highest BCUT2D eigenvalue weighted by Crippen LogP contribution is 2.17. The lowest BCUT2D eigenvalue weighted by atomic mass is 10.1. The Morgan fingerprint density at radius 1 is 0.840 bits per heavy atom. The lowest BCUT2D eigenvalue weighted by Gasteiger charge is -2.36. The second-order valence-corrected chi connectivity index (χ2v) is 6.91. The van der Waals surface area contributed by atoms with Crippen molar-refractivity contribution in [1.29, 1.82) is 0 Å². The summed E-state index contributed by atoms with van der Waals surface area (Å²) in [7, 11) is 0. The Morgan fingerprint density at radius 3 is 2.40 bits per heavy atom. The molecule has 2 heterocycles. The van der Waals surface area contributed by atoms with E-state index in [0.717, 1.165) is 44.7 Å². The monoisotopic (exact) mass is 331 g/mol. The minimum absolute atomic E-state index is 1.02. The van der Waals surface area contributed by atoms with Gasteiger partial charge in [0.15, 0.2) is 0 Å². The van der Waals surface area contributed by atoms with Crippen LogP contribution in [-0.4, -0.2) is 42.6 Å². The molecule has 0 saturated carbocycles. The fraction of sp³-hybridized carbons (Fsp3) is 0.318. The lowest BCUT2D eigenvalue weighted by molar-refractivity contribution is 0.260. The SMILES string of the molecule is Cc1ccc(N2CCN(CCc3ccc4ccccc4n3)CC2)cc1. The van der Waals surface area contributed by atoms with Gasteiger partial charge >= 0.3 is 0 Å². The molecular weight excluding hydrogens is 306 g/mol. The second kappa shape index (κ2) is 7.24. The van der Waals surface area contributed by atoms with Crippen molar-refractivity contribution in [2.24, 2.45) is 0 Å².